The highest BCUT2D eigenvalue weighted by molar-refractivity contribution is 8.00. The topological polar surface area (TPSA) is 84.5 Å². The van der Waals surface area contributed by atoms with E-state index in [-0.39, 0.29) is 23.0 Å². The molecule has 0 radical (unpaired) electrons. The lowest BCUT2D eigenvalue weighted by Gasteiger charge is -2.18. The highest BCUT2D eigenvalue weighted by Gasteiger charge is 2.30. The van der Waals surface area contributed by atoms with Gasteiger partial charge in [-0.1, -0.05) is 19.9 Å². The highest BCUT2D eigenvalue weighted by Crippen LogP contribution is 2.40. The van der Waals surface area contributed by atoms with Crippen LogP contribution in [0.2, 0.25) is 0 Å². The van der Waals surface area contributed by atoms with Crippen LogP contribution in [-0.2, 0) is 27.2 Å². The minimum atomic E-state index is -0.362. The summed E-state index contributed by atoms with van der Waals surface area (Å²) in [6.45, 7) is 7.72. The Morgan fingerprint density at radius 1 is 1.25 bits per heavy atom. The molecule has 1 aromatic carbocycles. The van der Waals surface area contributed by atoms with Gasteiger partial charge in [-0.15, -0.1) is 23.1 Å². The normalized spacial score (nSPS) is 16.1. The van der Waals surface area contributed by atoms with E-state index in [0.29, 0.717) is 35.2 Å². The van der Waals surface area contributed by atoms with E-state index < -0.39 is 0 Å². The SMILES string of the molecule is CCOC(=O)c1c(NC(=O)C(CC)Sc2cccc(NC(C)=O)c2)sc2c1CCC(C)C2. The van der Waals surface area contributed by atoms with Crippen molar-refractivity contribution < 1.29 is 19.1 Å². The fourth-order valence-corrected chi connectivity index (χ4v) is 6.20. The Morgan fingerprint density at radius 3 is 2.72 bits per heavy atom. The largest absolute Gasteiger partial charge is 0.462 e. The number of ether oxygens (including phenoxy) is 1. The van der Waals surface area contributed by atoms with Gasteiger partial charge in [0.1, 0.15) is 5.00 Å². The molecule has 0 spiro atoms. The number of fused-ring (bicyclic) bond motifs is 1. The molecule has 2 unspecified atom stereocenters. The van der Waals surface area contributed by atoms with Crippen molar-refractivity contribution in [2.45, 2.75) is 63.5 Å². The number of hydrogen-bond donors (Lipinski definition) is 2. The standard InChI is InChI=1S/C24H30N2O4S2/c1-5-19(31-17-9-7-8-16(13-17)25-15(4)27)22(28)26-23-21(24(29)30-6-2)18-11-10-14(3)12-20(18)32-23/h7-9,13-14,19H,5-6,10-12H2,1-4H3,(H,25,27)(H,26,28). The van der Waals surface area contributed by atoms with Crippen molar-refractivity contribution in [1.82, 2.24) is 0 Å². The van der Waals surface area contributed by atoms with E-state index >= 15 is 0 Å². The molecule has 0 fully saturated rings. The van der Waals surface area contributed by atoms with Crippen molar-refractivity contribution in [2.75, 3.05) is 17.2 Å². The van der Waals surface area contributed by atoms with Crippen LogP contribution < -0.4 is 10.6 Å². The summed E-state index contributed by atoms with van der Waals surface area (Å²) in [5.74, 6) is -0.0767. The van der Waals surface area contributed by atoms with Gasteiger partial charge in [0.05, 0.1) is 17.4 Å². The van der Waals surface area contributed by atoms with Crippen LogP contribution in [0.15, 0.2) is 29.2 Å². The van der Waals surface area contributed by atoms with Crippen LogP contribution in [0.5, 0.6) is 0 Å². The predicted molar refractivity (Wildman–Crippen MR) is 131 cm³/mol. The Bertz CT molecular complexity index is 1000. The molecule has 0 saturated heterocycles. The van der Waals surface area contributed by atoms with E-state index in [1.165, 1.54) is 34.9 Å². The second-order valence-corrected chi connectivity index (χ2v) is 10.4. The number of thiophene rings is 1. The van der Waals surface area contributed by atoms with Gasteiger partial charge in [0.15, 0.2) is 0 Å². The van der Waals surface area contributed by atoms with Gasteiger partial charge in [-0.05, 0) is 62.3 Å². The first-order valence-electron chi connectivity index (χ1n) is 11.0. The van der Waals surface area contributed by atoms with E-state index in [1.54, 1.807) is 6.92 Å². The summed E-state index contributed by atoms with van der Waals surface area (Å²) in [6.07, 6.45) is 3.41. The lowest BCUT2D eigenvalue weighted by atomic mass is 9.88. The predicted octanol–water partition coefficient (Wildman–Crippen LogP) is 5.52. The molecule has 1 aliphatic carbocycles. The molecule has 8 heteroatoms. The molecule has 0 aliphatic heterocycles. The minimum absolute atomic E-state index is 0.139. The van der Waals surface area contributed by atoms with Crippen LogP contribution in [0.1, 0.15) is 61.3 Å². The summed E-state index contributed by atoms with van der Waals surface area (Å²) in [6, 6.07) is 7.44. The molecule has 1 aliphatic rings. The number of hydrogen-bond acceptors (Lipinski definition) is 6. The number of anilines is 2. The maximum Gasteiger partial charge on any atom is 0.341 e. The van der Waals surface area contributed by atoms with Crippen molar-refractivity contribution in [3.05, 3.63) is 40.3 Å². The molecule has 32 heavy (non-hydrogen) atoms. The number of carbonyl (C=O) groups excluding carboxylic acids is 3. The average Bonchev–Trinajstić information content (AvgIpc) is 3.08. The third-order valence-corrected chi connectivity index (χ3v) is 7.85. The Morgan fingerprint density at radius 2 is 2.03 bits per heavy atom. The molecular formula is C24H30N2O4S2. The van der Waals surface area contributed by atoms with Crippen molar-refractivity contribution >= 4 is 51.6 Å². The highest BCUT2D eigenvalue weighted by atomic mass is 32.2. The molecular weight excluding hydrogens is 444 g/mol. The van der Waals surface area contributed by atoms with E-state index in [2.05, 4.69) is 17.6 Å². The van der Waals surface area contributed by atoms with Crippen LogP contribution in [0.3, 0.4) is 0 Å². The summed E-state index contributed by atoms with van der Waals surface area (Å²) < 4.78 is 5.31. The van der Waals surface area contributed by atoms with Gasteiger partial charge in [-0.2, -0.15) is 0 Å². The fourth-order valence-electron chi connectivity index (χ4n) is 3.79. The zero-order valence-corrected chi connectivity index (χ0v) is 20.6. The van der Waals surface area contributed by atoms with Gasteiger partial charge < -0.3 is 15.4 Å². The maximum absolute atomic E-state index is 13.2. The molecule has 2 aromatic rings. The molecule has 172 valence electrons. The monoisotopic (exact) mass is 474 g/mol. The number of esters is 1. The lowest BCUT2D eigenvalue weighted by Crippen LogP contribution is -2.25. The zero-order chi connectivity index (χ0) is 23.3. The molecule has 2 N–H and O–H groups in total. The molecule has 1 aromatic heterocycles. The van der Waals surface area contributed by atoms with Gasteiger partial charge >= 0.3 is 5.97 Å². The Labute approximate surface area is 197 Å². The van der Waals surface area contributed by atoms with Crippen molar-refractivity contribution in [2.24, 2.45) is 5.92 Å². The van der Waals surface area contributed by atoms with Gasteiger partial charge in [0, 0.05) is 22.4 Å². The number of thioether (sulfide) groups is 1. The molecule has 2 amide bonds. The summed E-state index contributed by atoms with van der Waals surface area (Å²) in [7, 11) is 0. The first-order valence-corrected chi connectivity index (χ1v) is 12.7. The van der Waals surface area contributed by atoms with Gasteiger partial charge in [0.25, 0.3) is 0 Å². The lowest BCUT2D eigenvalue weighted by molar-refractivity contribution is -0.116. The van der Waals surface area contributed by atoms with E-state index in [0.717, 1.165) is 29.7 Å². The zero-order valence-electron chi connectivity index (χ0n) is 18.9. The summed E-state index contributed by atoms with van der Waals surface area (Å²) >= 11 is 2.94. The fraction of sp³-hybridized carbons (Fsp3) is 0.458. The molecule has 6 nitrogen and oxygen atoms in total. The van der Waals surface area contributed by atoms with Crippen LogP contribution in [0.25, 0.3) is 0 Å². The first kappa shape index (κ1) is 24.3. The van der Waals surface area contributed by atoms with Gasteiger partial charge in [0.2, 0.25) is 11.8 Å². The molecule has 0 saturated carbocycles. The summed E-state index contributed by atoms with van der Waals surface area (Å²) in [5.41, 5.74) is 2.26. The quantitative estimate of drug-likeness (QED) is 0.389. The van der Waals surface area contributed by atoms with Crippen molar-refractivity contribution in [3.63, 3.8) is 0 Å². The summed E-state index contributed by atoms with van der Waals surface area (Å²) in [5, 5.41) is 6.05. The van der Waals surface area contributed by atoms with Crippen molar-refractivity contribution in [3.8, 4) is 0 Å². The van der Waals surface area contributed by atoms with Gasteiger partial charge in [-0.3, -0.25) is 9.59 Å². The molecule has 1 heterocycles. The first-order chi connectivity index (χ1) is 15.3. The van der Waals surface area contributed by atoms with E-state index in [4.69, 9.17) is 4.74 Å². The second kappa shape index (κ2) is 11.0. The minimum Gasteiger partial charge on any atom is -0.462 e. The molecule has 0 bridgehead atoms. The number of amides is 2. The number of carbonyl (C=O) groups is 3. The smallest absolute Gasteiger partial charge is 0.341 e. The molecule has 2 atom stereocenters. The Hall–Kier alpha value is -2.32. The van der Waals surface area contributed by atoms with Crippen molar-refractivity contribution in [1.29, 1.82) is 0 Å². The van der Waals surface area contributed by atoms with Gasteiger partial charge in [-0.25, -0.2) is 4.79 Å². The summed E-state index contributed by atoms with van der Waals surface area (Å²) in [4.78, 5) is 39.3. The average molecular weight is 475 g/mol. The van der Waals surface area contributed by atoms with E-state index in [1.807, 2.05) is 31.2 Å². The van der Waals surface area contributed by atoms with Crippen LogP contribution in [-0.4, -0.2) is 29.6 Å². The van der Waals surface area contributed by atoms with Crippen LogP contribution in [0.4, 0.5) is 10.7 Å². The third kappa shape index (κ3) is 5.92. The maximum atomic E-state index is 13.2. The number of benzene rings is 1. The Balaban J connectivity index is 1.80. The third-order valence-electron chi connectivity index (χ3n) is 5.32. The Kier molecular flexibility index (Phi) is 8.37. The molecule has 3 rings (SSSR count). The number of rotatable bonds is 8. The van der Waals surface area contributed by atoms with Crippen LogP contribution in [0, 0.1) is 5.92 Å². The van der Waals surface area contributed by atoms with E-state index in [9.17, 15) is 14.4 Å². The second-order valence-electron chi connectivity index (χ2n) is 7.99. The number of nitrogens with one attached hydrogen (secondary N) is 2. The van der Waals surface area contributed by atoms with Crippen LogP contribution >= 0.6 is 23.1 Å².